The highest BCUT2D eigenvalue weighted by Gasteiger charge is 2.41. The summed E-state index contributed by atoms with van der Waals surface area (Å²) in [7, 11) is 0. The molecule has 0 saturated carbocycles. The van der Waals surface area contributed by atoms with Crippen molar-refractivity contribution in [2.45, 2.75) is 38.5 Å². The van der Waals surface area contributed by atoms with E-state index >= 15 is 0 Å². The van der Waals surface area contributed by atoms with Crippen LogP contribution in [0.4, 0.5) is 0 Å². The van der Waals surface area contributed by atoms with Gasteiger partial charge in [0.2, 0.25) is 6.23 Å². The maximum atomic E-state index is 6.46. The van der Waals surface area contributed by atoms with Gasteiger partial charge in [-0.15, -0.1) is 0 Å². The van der Waals surface area contributed by atoms with Crippen molar-refractivity contribution in [3.8, 4) is 11.5 Å². The van der Waals surface area contributed by atoms with Gasteiger partial charge in [0.05, 0.1) is 18.4 Å². The molecule has 2 atom stereocenters. The number of fused-ring (bicyclic) bond motifs is 3. The normalized spacial score (nSPS) is 19.1. The fourth-order valence-corrected chi connectivity index (χ4v) is 4.66. The minimum atomic E-state index is -0.303. The standard InChI is InChI=1S/C26H24BrClN2O2/c1-2-3-14-31-21-11-6-18(7-12-21)26-30-24(22-15-19(27)8-13-25(22)32-26)16-23(29-30)17-4-9-20(28)10-5-17/h4-13,15,24,26H,2-3,14,16H2,1H3/t24-,26-/m0/s1. The fraction of sp³-hybridized carbons (Fsp3) is 0.269. The molecule has 0 radical (unpaired) electrons. The van der Waals surface area contributed by atoms with E-state index in [1.54, 1.807) is 0 Å². The van der Waals surface area contributed by atoms with Gasteiger partial charge in [0.25, 0.3) is 0 Å². The molecule has 2 heterocycles. The summed E-state index contributed by atoms with van der Waals surface area (Å²) >= 11 is 9.70. The smallest absolute Gasteiger partial charge is 0.213 e. The molecule has 0 aromatic heterocycles. The first-order valence-corrected chi connectivity index (χ1v) is 12.1. The van der Waals surface area contributed by atoms with Crippen LogP contribution in [0.15, 0.2) is 76.3 Å². The number of benzene rings is 3. The van der Waals surface area contributed by atoms with Crippen molar-refractivity contribution in [1.29, 1.82) is 0 Å². The maximum Gasteiger partial charge on any atom is 0.213 e. The molecule has 3 aromatic carbocycles. The molecule has 4 nitrogen and oxygen atoms in total. The largest absolute Gasteiger partial charge is 0.494 e. The number of hydrogen-bond donors (Lipinski definition) is 0. The van der Waals surface area contributed by atoms with E-state index in [-0.39, 0.29) is 12.3 Å². The number of unbranched alkanes of at least 4 members (excludes halogenated alkanes) is 1. The monoisotopic (exact) mass is 510 g/mol. The summed E-state index contributed by atoms with van der Waals surface area (Å²) in [6.07, 6.45) is 2.68. The summed E-state index contributed by atoms with van der Waals surface area (Å²) in [4.78, 5) is 0. The van der Waals surface area contributed by atoms with Crippen LogP contribution in [0.1, 0.15) is 55.1 Å². The van der Waals surface area contributed by atoms with Gasteiger partial charge in [-0.05, 0) is 66.6 Å². The Morgan fingerprint density at radius 3 is 2.62 bits per heavy atom. The van der Waals surface area contributed by atoms with Crippen LogP contribution in [0.2, 0.25) is 5.02 Å². The van der Waals surface area contributed by atoms with Crippen molar-refractivity contribution in [3.63, 3.8) is 0 Å². The zero-order valence-corrected chi connectivity index (χ0v) is 20.1. The highest BCUT2D eigenvalue weighted by molar-refractivity contribution is 9.10. The first kappa shape index (κ1) is 21.4. The van der Waals surface area contributed by atoms with Crippen LogP contribution in [0.25, 0.3) is 0 Å². The van der Waals surface area contributed by atoms with Gasteiger partial charge in [-0.1, -0.05) is 53.0 Å². The summed E-state index contributed by atoms with van der Waals surface area (Å²) < 4.78 is 13.3. The Hall–Kier alpha value is -2.50. The Morgan fingerprint density at radius 2 is 1.88 bits per heavy atom. The Kier molecular flexibility index (Phi) is 6.11. The van der Waals surface area contributed by atoms with Crippen molar-refractivity contribution >= 4 is 33.2 Å². The molecule has 6 heteroatoms. The van der Waals surface area contributed by atoms with Gasteiger partial charge in [0.15, 0.2) is 0 Å². The predicted molar refractivity (Wildman–Crippen MR) is 132 cm³/mol. The molecule has 2 aliphatic heterocycles. The van der Waals surface area contributed by atoms with Crippen LogP contribution in [-0.2, 0) is 0 Å². The zero-order valence-electron chi connectivity index (χ0n) is 17.8. The quantitative estimate of drug-likeness (QED) is 0.321. The molecule has 2 aliphatic rings. The van der Waals surface area contributed by atoms with Crippen molar-refractivity contribution < 1.29 is 9.47 Å². The van der Waals surface area contributed by atoms with Gasteiger partial charge in [0, 0.05) is 27.0 Å². The molecule has 0 amide bonds. The number of hydrazone groups is 1. The van der Waals surface area contributed by atoms with Crippen LogP contribution in [0.5, 0.6) is 11.5 Å². The third-order valence-corrected chi connectivity index (χ3v) is 6.61. The minimum Gasteiger partial charge on any atom is -0.494 e. The van der Waals surface area contributed by atoms with E-state index in [1.807, 2.05) is 48.5 Å². The molecule has 0 spiro atoms. The van der Waals surface area contributed by atoms with Crippen molar-refractivity contribution in [3.05, 3.63) is 92.9 Å². The van der Waals surface area contributed by atoms with Gasteiger partial charge in [-0.3, -0.25) is 0 Å². The van der Waals surface area contributed by atoms with E-state index < -0.39 is 0 Å². The van der Waals surface area contributed by atoms with Crippen LogP contribution < -0.4 is 9.47 Å². The molecule has 0 saturated heterocycles. The second kappa shape index (κ2) is 9.16. The minimum absolute atomic E-state index is 0.104. The highest BCUT2D eigenvalue weighted by atomic mass is 79.9. The van der Waals surface area contributed by atoms with Crippen molar-refractivity contribution in [2.24, 2.45) is 5.10 Å². The first-order valence-electron chi connectivity index (χ1n) is 10.9. The van der Waals surface area contributed by atoms with E-state index in [0.717, 1.165) is 69.3 Å². The summed E-state index contributed by atoms with van der Waals surface area (Å²) in [5.74, 6) is 1.78. The lowest BCUT2D eigenvalue weighted by Crippen LogP contribution is -2.33. The predicted octanol–water partition coefficient (Wildman–Crippen LogP) is 7.52. The lowest BCUT2D eigenvalue weighted by Gasteiger charge is -2.38. The third kappa shape index (κ3) is 4.24. The number of halogens is 2. The molecule has 0 N–H and O–H groups in total. The molecule has 0 aliphatic carbocycles. The van der Waals surface area contributed by atoms with Crippen molar-refractivity contribution in [2.75, 3.05) is 6.61 Å². The molecule has 5 rings (SSSR count). The molecule has 0 fully saturated rings. The Morgan fingerprint density at radius 1 is 1.09 bits per heavy atom. The van der Waals surface area contributed by atoms with E-state index in [9.17, 15) is 0 Å². The summed E-state index contributed by atoms with van der Waals surface area (Å²) in [5.41, 5.74) is 4.31. The molecule has 3 aromatic rings. The number of ether oxygens (including phenoxy) is 2. The second-order valence-electron chi connectivity index (χ2n) is 8.08. The van der Waals surface area contributed by atoms with Gasteiger partial charge < -0.3 is 9.47 Å². The van der Waals surface area contributed by atoms with Gasteiger partial charge in [0.1, 0.15) is 11.5 Å². The average molecular weight is 512 g/mol. The lowest BCUT2D eigenvalue weighted by molar-refractivity contribution is -0.0191. The molecule has 0 unspecified atom stereocenters. The van der Waals surface area contributed by atoms with Crippen LogP contribution in [0.3, 0.4) is 0 Å². The van der Waals surface area contributed by atoms with Gasteiger partial charge in [-0.25, -0.2) is 5.01 Å². The van der Waals surface area contributed by atoms with E-state index in [0.29, 0.717) is 0 Å². The lowest BCUT2D eigenvalue weighted by atomic mass is 9.96. The van der Waals surface area contributed by atoms with Crippen molar-refractivity contribution in [1.82, 2.24) is 5.01 Å². The van der Waals surface area contributed by atoms with Gasteiger partial charge >= 0.3 is 0 Å². The maximum absolute atomic E-state index is 6.46. The summed E-state index contributed by atoms with van der Waals surface area (Å²) in [6, 6.07) is 22.3. The summed E-state index contributed by atoms with van der Waals surface area (Å²) in [5, 5.41) is 7.83. The second-order valence-corrected chi connectivity index (χ2v) is 9.43. The Bertz CT molecular complexity index is 1130. The van der Waals surface area contributed by atoms with Crippen LogP contribution in [0, 0.1) is 0 Å². The number of hydrogen-bond acceptors (Lipinski definition) is 4. The fourth-order valence-electron chi connectivity index (χ4n) is 4.16. The van der Waals surface area contributed by atoms with E-state index in [1.165, 1.54) is 0 Å². The third-order valence-electron chi connectivity index (χ3n) is 5.86. The SMILES string of the molecule is CCCCOc1ccc([C@@H]2Oc3ccc(Br)cc3[C@@H]3CC(c4ccc(Cl)cc4)=NN32)cc1. The van der Waals surface area contributed by atoms with E-state index in [4.69, 9.17) is 26.2 Å². The topological polar surface area (TPSA) is 34.1 Å². The molecule has 0 bridgehead atoms. The Labute approximate surface area is 201 Å². The molecular weight excluding hydrogens is 488 g/mol. The first-order chi connectivity index (χ1) is 15.6. The highest BCUT2D eigenvalue weighted by Crippen LogP contribution is 2.48. The molecule has 32 heavy (non-hydrogen) atoms. The van der Waals surface area contributed by atoms with Crippen LogP contribution >= 0.6 is 27.5 Å². The summed E-state index contributed by atoms with van der Waals surface area (Å²) in [6.45, 7) is 2.90. The van der Waals surface area contributed by atoms with Gasteiger partial charge in [-0.2, -0.15) is 5.10 Å². The molecular formula is C26H24BrClN2O2. The average Bonchev–Trinajstić information content (AvgIpc) is 3.26. The van der Waals surface area contributed by atoms with Crippen LogP contribution in [-0.4, -0.2) is 17.3 Å². The number of nitrogens with zero attached hydrogens (tertiary/aromatic N) is 2. The number of rotatable bonds is 6. The molecule has 164 valence electrons. The van der Waals surface area contributed by atoms with E-state index in [2.05, 4.69) is 46.1 Å². The Balaban J connectivity index is 1.48. The zero-order chi connectivity index (χ0) is 22.1.